The molecule has 0 aliphatic carbocycles. The van der Waals surface area contributed by atoms with Gasteiger partial charge in [-0.25, -0.2) is 0 Å². The minimum absolute atomic E-state index is 0.0499. The van der Waals surface area contributed by atoms with Gasteiger partial charge in [0, 0.05) is 24.7 Å². The van der Waals surface area contributed by atoms with Gasteiger partial charge in [-0.05, 0) is 30.5 Å². The van der Waals surface area contributed by atoms with Crippen molar-refractivity contribution in [2.45, 2.75) is 13.0 Å². The first-order valence-corrected chi connectivity index (χ1v) is 8.44. The quantitative estimate of drug-likeness (QED) is 0.503. The Labute approximate surface area is 138 Å². The fraction of sp³-hybridized carbons (Fsp3) is 0.235. The highest BCUT2D eigenvalue weighted by atomic mass is 32.1. The Morgan fingerprint density at radius 1 is 1.17 bits per heavy atom. The van der Waals surface area contributed by atoms with E-state index >= 15 is 0 Å². The lowest BCUT2D eigenvalue weighted by molar-refractivity contribution is 0.464. The molecule has 1 aromatic carbocycles. The van der Waals surface area contributed by atoms with Crippen molar-refractivity contribution in [3.05, 3.63) is 57.6 Å². The van der Waals surface area contributed by atoms with Crippen molar-refractivity contribution >= 4 is 27.4 Å². The maximum atomic E-state index is 11.9. The Balaban J connectivity index is 1.42. The van der Waals surface area contributed by atoms with E-state index in [-0.39, 0.29) is 5.43 Å². The average Bonchev–Trinajstić information content (AvgIpc) is 3.01. The topological polar surface area (TPSA) is 77.2 Å². The fourth-order valence-electron chi connectivity index (χ4n) is 2.39. The van der Waals surface area contributed by atoms with Crippen molar-refractivity contribution in [1.82, 2.24) is 10.3 Å². The third-order valence-electron chi connectivity index (χ3n) is 3.59. The minimum atomic E-state index is 0.0499. The van der Waals surface area contributed by atoms with Gasteiger partial charge < -0.3 is 20.7 Å². The normalized spacial score (nSPS) is 11.0. The molecule has 0 aliphatic rings. The molecule has 2 aromatic heterocycles. The molecule has 120 valence electrons. The van der Waals surface area contributed by atoms with Gasteiger partial charge >= 0.3 is 0 Å². The summed E-state index contributed by atoms with van der Waals surface area (Å²) in [5.41, 5.74) is 1.82. The number of rotatable bonds is 7. The molecule has 2 heterocycles. The van der Waals surface area contributed by atoms with Crippen molar-refractivity contribution in [2.75, 3.05) is 18.4 Å². The molecule has 0 unspecified atom stereocenters. The molecule has 0 saturated heterocycles. The van der Waals surface area contributed by atoms with Crippen molar-refractivity contribution in [1.29, 1.82) is 0 Å². The molecule has 0 saturated carbocycles. The number of phenolic OH excluding ortho intramolecular Hbond substituents is 1. The number of aromatic amines is 1. The van der Waals surface area contributed by atoms with E-state index in [0.717, 1.165) is 41.1 Å². The Bertz CT molecular complexity index is 841. The molecular formula is C17H19N3O2S. The van der Waals surface area contributed by atoms with Crippen LogP contribution in [0.15, 0.2) is 46.6 Å². The van der Waals surface area contributed by atoms with Crippen molar-refractivity contribution in [3.63, 3.8) is 0 Å². The third kappa shape index (κ3) is 3.91. The Morgan fingerprint density at radius 2 is 2.04 bits per heavy atom. The van der Waals surface area contributed by atoms with E-state index in [1.165, 1.54) is 11.3 Å². The third-order valence-corrected chi connectivity index (χ3v) is 4.52. The lowest BCUT2D eigenvalue weighted by Gasteiger charge is -2.08. The maximum Gasteiger partial charge on any atom is 0.201 e. The number of aromatic hydroxyl groups is 1. The SMILES string of the molecule is O=c1cc(NCCCNCc2ccccc2O)[nH]c2ccsc12. The number of thiophene rings is 1. The number of para-hydroxylation sites is 1. The van der Waals surface area contributed by atoms with E-state index in [1.54, 1.807) is 12.1 Å². The summed E-state index contributed by atoms with van der Waals surface area (Å²) in [6.45, 7) is 2.23. The van der Waals surface area contributed by atoms with Crippen LogP contribution in [-0.2, 0) is 6.54 Å². The highest BCUT2D eigenvalue weighted by Gasteiger charge is 2.02. The van der Waals surface area contributed by atoms with E-state index in [1.807, 2.05) is 29.6 Å². The fourth-order valence-corrected chi connectivity index (χ4v) is 3.15. The first-order chi connectivity index (χ1) is 11.2. The number of hydrogen-bond donors (Lipinski definition) is 4. The molecule has 23 heavy (non-hydrogen) atoms. The van der Waals surface area contributed by atoms with Gasteiger partial charge in [-0.3, -0.25) is 4.79 Å². The van der Waals surface area contributed by atoms with Crippen LogP contribution < -0.4 is 16.1 Å². The van der Waals surface area contributed by atoms with Crippen LogP contribution >= 0.6 is 11.3 Å². The summed E-state index contributed by atoms with van der Waals surface area (Å²) in [5, 5.41) is 18.1. The molecule has 0 fully saturated rings. The second kappa shape index (κ2) is 7.30. The van der Waals surface area contributed by atoms with Crippen LogP contribution in [0.5, 0.6) is 5.75 Å². The van der Waals surface area contributed by atoms with Gasteiger partial charge in [0.1, 0.15) is 11.6 Å². The van der Waals surface area contributed by atoms with Crippen LogP contribution in [0.1, 0.15) is 12.0 Å². The number of phenols is 1. The summed E-state index contributed by atoms with van der Waals surface area (Å²) in [7, 11) is 0. The van der Waals surface area contributed by atoms with Gasteiger partial charge in [-0.15, -0.1) is 11.3 Å². The monoisotopic (exact) mass is 329 g/mol. The van der Waals surface area contributed by atoms with E-state index in [2.05, 4.69) is 15.6 Å². The standard InChI is InChI=1S/C17H19N3O2S/c21-14-5-2-1-4-12(14)11-18-7-3-8-19-16-10-15(22)17-13(20-16)6-9-23-17/h1-2,4-6,9-10,18,21H,3,7-8,11H2,(H2,19,20,22). The van der Waals surface area contributed by atoms with Crippen LogP contribution in [0.3, 0.4) is 0 Å². The Kier molecular flexibility index (Phi) is 4.95. The molecule has 5 nitrogen and oxygen atoms in total. The summed E-state index contributed by atoms with van der Waals surface area (Å²) in [5.74, 6) is 1.07. The molecule has 4 N–H and O–H groups in total. The van der Waals surface area contributed by atoms with Crippen LogP contribution in [-0.4, -0.2) is 23.2 Å². The van der Waals surface area contributed by atoms with Crippen molar-refractivity contribution in [3.8, 4) is 5.75 Å². The molecule has 0 bridgehead atoms. The van der Waals surface area contributed by atoms with Gasteiger partial charge in [0.2, 0.25) is 5.43 Å². The number of anilines is 1. The van der Waals surface area contributed by atoms with E-state index in [4.69, 9.17) is 0 Å². The first kappa shape index (κ1) is 15.6. The van der Waals surface area contributed by atoms with Gasteiger partial charge in [-0.2, -0.15) is 0 Å². The number of H-pyrrole nitrogens is 1. The van der Waals surface area contributed by atoms with Crippen LogP contribution in [0.4, 0.5) is 5.82 Å². The van der Waals surface area contributed by atoms with Crippen molar-refractivity contribution < 1.29 is 5.11 Å². The zero-order valence-corrected chi connectivity index (χ0v) is 13.5. The number of benzene rings is 1. The van der Waals surface area contributed by atoms with Crippen molar-refractivity contribution in [2.24, 2.45) is 0 Å². The lowest BCUT2D eigenvalue weighted by Crippen LogP contribution is -2.18. The van der Waals surface area contributed by atoms with E-state index in [9.17, 15) is 9.90 Å². The highest BCUT2D eigenvalue weighted by Crippen LogP contribution is 2.16. The van der Waals surface area contributed by atoms with E-state index < -0.39 is 0 Å². The number of nitrogens with one attached hydrogen (secondary N) is 3. The molecule has 3 aromatic rings. The second-order valence-corrected chi connectivity index (χ2v) is 6.21. The lowest BCUT2D eigenvalue weighted by atomic mass is 10.2. The predicted molar refractivity (Wildman–Crippen MR) is 95.4 cm³/mol. The molecule has 0 radical (unpaired) electrons. The summed E-state index contributed by atoms with van der Waals surface area (Å²) in [6, 6.07) is 10.8. The first-order valence-electron chi connectivity index (χ1n) is 7.56. The highest BCUT2D eigenvalue weighted by molar-refractivity contribution is 7.17. The minimum Gasteiger partial charge on any atom is -0.508 e. The number of pyridine rings is 1. The molecule has 0 spiro atoms. The average molecular weight is 329 g/mol. The second-order valence-electron chi connectivity index (χ2n) is 5.30. The molecule has 3 rings (SSSR count). The van der Waals surface area contributed by atoms with Crippen LogP contribution in [0, 0.1) is 0 Å². The summed E-state index contributed by atoms with van der Waals surface area (Å²) < 4.78 is 0.764. The molecule has 0 atom stereocenters. The molecular weight excluding hydrogens is 310 g/mol. The number of aromatic nitrogens is 1. The van der Waals surface area contributed by atoms with Gasteiger partial charge in [0.25, 0.3) is 0 Å². The van der Waals surface area contributed by atoms with Gasteiger partial charge in [0.15, 0.2) is 0 Å². The smallest absolute Gasteiger partial charge is 0.201 e. The van der Waals surface area contributed by atoms with Gasteiger partial charge in [0.05, 0.1) is 10.2 Å². The Morgan fingerprint density at radius 3 is 2.91 bits per heavy atom. The summed E-state index contributed by atoms with van der Waals surface area (Å²) in [4.78, 5) is 15.1. The van der Waals surface area contributed by atoms with Crippen LogP contribution in [0.2, 0.25) is 0 Å². The zero-order chi connectivity index (χ0) is 16.1. The zero-order valence-electron chi connectivity index (χ0n) is 12.6. The van der Waals surface area contributed by atoms with Gasteiger partial charge in [-0.1, -0.05) is 18.2 Å². The van der Waals surface area contributed by atoms with Crippen LogP contribution in [0.25, 0.3) is 10.2 Å². The molecule has 0 aliphatic heterocycles. The maximum absolute atomic E-state index is 11.9. The van der Waals surface area contributed by atoms with E-state index in [0.29, 0.717) is 12.3 Å². The summed E-state index contributed by atoms with van der Waals surface area (Å²) in [6.07, 6.45) is 0.914. The molecule has 6 heteroatoms. The number of fused-ring (bicyclic) bond motifs is 1. The molecule has 0 amide bonds. The number of hydrogen-bond acceptors (Lipinski definition) is 5. The largest absolute Gasteiger partial charge is 0.508 e. The summed E-state index contributed by atoms with van der Waals surface area (Å²) >= 11 is 1.45. The Hall–Kier alpha value is -2.31. The predicted octanol–water partition coefficient (Wildman–Crippen LogP) is 2.89.